The van der Waals surface area contributed by atoms with Crippen molar-refractivity contribution in [2.24, 2.45) is 0 Å². The number of rotatable bonds is 9. The van der Waals surface area contributed by atoms with Crippen LogP contribution in [0.3, 0.4) is 0 Å². The van der Waals surface area contributed by atoms with E-state index in [0.717, 1.165) is 19.3 Å². The van der Waals surface area contributed by atoms with Gasteiger partial charge in [-0.1, -0.05) is 19.3 Å². The van der Waals surface area contributed by atoms with Crippen LogP contribution >= 0.6 is 0 Å². The fourth-order valence-electron chi connectivity index (χ4n) is 2.42. The molecule has 1 fully saturated rings. The van der Waals surface area contributed by atoms with E-state index >= 15 is 0 Å². The Labute approximate surface area is 127 Å². The molecule has 6 nitrogen and oxygen atoms in total. The van der Waals surface area contributed by atoms with Crippen LogP contribution in [0.5, 0.6) is 0 Å². The Morgan fingerprint density at radius 3 is 2.52 bits per heavy atom. The van der Waals surface area contributed by atoms with Crippen molar-refractivity contribution >= 4 is 11.9 Å². The van der Waals surface area contributed by atoms with Crippen LogP contribution in [0.4, 0.5) is 4.79 Å². The third-order valence-corrected chi connectivity index (χ3v) is 3.56. The van der Waals surface area contributed by atoms with E-state index in [0.29, 0.717) is 38.8 Å². The van der Waals surface area contributed by atoms with Crippen LogP contribution in [0.2, 0.25) is 0 Å². The predicted octanol–water partition coefficient (Wildman–Crippen LogP) is 1.55. The highest BCUT2D eigenvalue weighted by Gasteiger charge is 2.15. The Hall–Kier alpha value is -1.30. The molecule has 6 heteroatoms. The second-order valence-electron chi connectivity index (χ2n) is 5.39. The van der Waals surface area contributed by atoms with Gasteiger partial charge in [0, 0.05) is 38.8 Å². The fourth-order valence-corrected chi connectivity index (χ4v) is 2.42. The molecule has 0 heterocycles. The van der Waals surface area contributed by atoms with E-state index in [-0.39, 0.29) is 11.9 Å². The van der Waals surface area contributed by atoms with Crippen molar-refractivity contribution in [1.29, 1.82) is 0 Å². The van der Waals surface area contributed by atoms with Crippen molar-refractivity contribution in [1.82, 2.24) is 16.0 Å². The van der Waals surface area contributed by atoms with E-state index in [4.69, 9.17) is 4.74 Å². The first-order valence-corrected chi connectivity index (χ1v) is 8.11. The normalized spacial score (nSPS) is 15.5. The van der Waals surface area contributed by atoms with Gasteiger partial charge >= 0.3 is 6.03 Å². The topological polar surface area (TPSA) is 79.5 Å². The summed E-state index contributed by atoms with van der Waals surface area (Å²) in [5.74, 6) is 0.0264. The average Bonchev–Trinajstić information content (AvgIpc) is 2.48. The van der Waals surface area contributed by atoms with Crippen molar-refractivity contribution in [3.05, 3.63) is 0 Å². The number of hydrogen-bond donors (Lipinski definition) is 3. The van der Waals surface area contributed by atoms with Gasteiger partial charge < -0.3 is 20.7 Å². The van der Waals surface area contributed by atoms with Crippen LogP contribution in [-0.2, 0) is 9.53 Å². The number of urea groups is 1. The second kappa shape index (κ2) is 11.4. The van der Waals surface area contributed by atoms with Gasteiger partial charge in [0.2, 0.25) is 5.91 Å². The minimum Gasteiger partial charge on any atom is -0.382 e. The summed E-state index contributed by atoms with van der Waals surface area (Å²) in [5, 5.41) is 8.46. The summed E-state index contributed by atoms with van der Waals surface area (Å²) in [5.41, 5.74) is 0. The van der Waals surface area contributed by atoms with Gasteiger partial charge in [0.15, 0.2) is 0 Å². The Kier molecular flexibility index (Phi) is 9.61. The first kappa shape index (κ1) is 17.8. The average molecular weight is 299 g/mol. The molecule has 1 saturated carbocycles. The largest absolute Gasteiger partial charge is 0.382 e. The first-order chi connectivity index (χ1) is 10.2. The molecule has 0 aromatic heterocycles. The summed E-state index contributed by atoms with van der Waals surface area (Å²) in [4.78, 5) is 23.2. The molecule has 0 radical (unpaired) electrons. The minimum atomic E-state index is -0.225. The molecule has 1 rings (SSSR count). The van der Waals surface area contributed by atoms with Gasteiger partial charge in [-0.25, -0.2) is 4.79 Å². The standard InChI is InChI=1S/C15H29N3O3/c1-2-21-12-6-10-16-15(20)17-11-9-14(19)18-13-7-4-3-5-8-13/h13H,2-12H2,1H3,(H,18,19)(H2,16,17,20). The second-order valence-corrected chi connectivity index (χ2v) is 5.39. The first-order valence-electron chi connectivity index (χ1n) is 8.11. The SMILES string of the molecule is CCOCCCNC(=O)NCCC(=O)NC1CCCCC1. The molecule has 0 aromatic carbocycles. The molecule has 1 aliphatic carbocycles. The highest BCUT2D eigenvalue weighted by Crippen LogP contribution is 2.17. The molecular formula is C15H29N3O3. The summed E-state index contributed by atoms with van der Waals surface area (Å²) in [6.07, 6.45) is 6.98. The maximum Gasteiger partial charge on any atom is 0.314 e. The Balaban J connectivity index is 1.96. The summed E-state index contributed by atoms with van der Waals surface area (Å²) >= 11 is 0. The number of carbonyl (C=O) groups excluding carboxylic acids is 2. The van der Waals surface area contributed by atoms with E-state index in [1.165, 1.54) is 19.3 Å². The third-order valence-electron chi connectivity index (χ3n) is 3.56. The molecule has 0 spiro atoms. The maximum atomic E-state index is 11.7. The van der Waals surface area contributed by atoms with Gasteiger partial charge in [0.05, 0.1) is 0 Å². The third kappa shape index (κ3) is 9.28. The molecule has 21 heavy (non-hydrogen) atoms. The summed E-state index contributed by atoms with van der Waals surface area (Å²) in [7, 11) is 0. The smallest absolute Gasteiger partial charge is 0.314 e. The van der Waals surface area contributed by atoms with Gasteiger partial charge in [-0.05, 0) is 26.2 Å². The summed E-state index contributed by atoms with van der Waals surface area (Å²) in [6.45, 7) is 4.25. The van der Waals surface area contributed by atoms with Gasteiger partial charge in [0.25, 0.3) is 0 Å². The molecule has 3 N–H and O–H groups in total. The molecular weight excluding hydrogens is 270 g/mol. The fraction of sp³-hybridized carbons (Fsp3) is 0.867. The summed E-state index contributed by atoms with van der Waals surface area (Å²) < 4.78 is 5.18. The Bertz CT molecular complexity index is 305. The molecule has 3 amide bonds. The maximum absolute atomic E-state index is 11.7. The molecule has 0 atom stereocenters. The highest BCUT2D eigenvalue weighted by molar-refractivity contribution is 5.78. The van der Waals surface area contributed by atoms with Crippen LogP contribution in [-0.4, -0.2) is 44.3 Å². The zero-order valence-electron chi connectivity index (χ0n) is 13.1. The number of nitrogens with one attached hydrogen (secondary N) is 3. The highest BCUT2D eigenvalue weighted by atomic mass is 16.5. The van der Waals surface area contributed by atoms with Gasteiger partial charge in [0.1, 0.15) is 0 Å². The summed E-state index contributed by atoms with van der Waals surface area (Å²) in [6, 6.07) is 0.107. The van der Waals surface area contributed by atoms with Crippen molar-refractivity contribution in [2.75, 3.05) is 26.3 Å². The van der Waals surface area contributed by atoms with Crippen molar-refractivity contribution in [3.8, 4) is 0 Å². The van der Waals surface area contributed by atoms with E-state index < -0.39 is 0 Å². The van der Waals surface area contributed by atoms with Crippen LogP contribution in [0, 0.1) is 0 Å². The van der Waals surface area contributed by atoms with Gasteiger partial charge in [-0.2, -0.15) is 0 Å². The lowest BCUT2D eigenvalue weighted by atomic mass is 9.95. The van der Waals surface area contributed by atoms with E-state index in [1.807, 2.05) is 6.92 Å². The molecule has 1 aliphatic rings. The van der Waals surface area contributed by atoms with E-state index in [1.54, 1.807) is 0 Å². The van der Waals surface area contributed by atoms with Crippen molar-refractivity contribution < 1.29 is 14.3 Å². The monoisotopic (exact) mass is 299 g/mol. The Morgan fingerprint density at radius 1 is 1.10 bits per heavy atom. The molecule has 0 aromatic rings. The number of amides is 3. The zero-order chi connectivity index (χ0) is 15.3. The molecule has 0 unspecified atom stereocenters. The number of hydrogen-bond acceptors (Lipinski definition) is 3. The number of carbonyl (C=O) groups is 2. The lowest BCUT2D eigenvalue weighted by molar-refractivity contribution is -0.121. The van der Waals surface area contributed by atoms with Crippen LogP contribution in [0.25, 0.3) is 0 Å². The molecule has 0 bridgehead atoms. The van der Waals surface area contributed by atoms with E-state index in [2.05, 4.69) is 16.0 Å². The van der Waals surface area contributed by atoms with Crippen LogP contribution in [0.1, 0.15) is 51.9 Å². The molecule has 0 aliphatic heterocycles. The van der Waals surface area contributed by atoms with Crippen LogP contribution < -0.4 is 16.0 Å². The number of ether oxygens (including phenoxy) is 1. The van der Waals surface area contributed by atoms with Crippen molar-refractivity contribution in [3.63, 3.8) is 0 Å². The van der Waals surface area contributed by atoms with E-state index in [9.17, 15) is 9.59 Å². The lowest BCUT2D eigenvalue weighted by Gasteiger charge is -2.22. The van der Waals surface area contributed by atoms with Gasteiger partial charge in [-0.3, -0.25) is 4.79 Å². The molecule has 0 saturated heterocycles. The predicted molar refractivity (Wildman–Crippen MR) is 82.1 cm³/mol. The van der Waals surface area contributed by atoms with Crippen LogP contribution in [0.15, 0.2) is 0 Å². The minimum absolute atomic E-state index is 0.0264. The molecule has 122 valence electrons. The quantitative estimate of drug-likeness (QED) is 0.565. The lowest BCUT2D eigenvalue weighted by Crippen LogP contribution is -2.40. The van der Waals surface area contributed by atoms with Gasteiger partial charge in [-0.15, -0.1) is 0 Å². The van der Waals surface area contributed by atoms with Crippen molar-refractivity contribution in [2.45, 2.75) is 57.9 Å². The zero-order valence-corrected chi connectivity index (χ0v) is 13.1. The Morgan fingerprint density at radius 2 is 1.81 bits per heavy atom.